The monoisotopic (exact) mass is 180 g/mol. The molecule has 3 amide bonds. The lowest BCUT2D eigenvalue weighted by Gasteiger charge is -2.10. The third kappa shape index (κ3) is 2.00. The van der Waals surface area contributed by atoms with Crippen LogP contribution in [-0.2, 0) is 4.79 Å². The molecule has 1 rings (SSSR count). The second-order valence-corrected chi connectivity index (χ2v) is 2.97. The number of terminal acetylenes is 1. The van der Waals surface area contributed by atoms with Gasteiger partial charge < -0.3 is 5.32 Å². The normalized spacial score (nSPS) is 21.5. The maximum Gasteiger partial charge on any atom is 0.324 e. The van der Waals surface area contributed by atoms with Crippen molar-refractivity contribution < 1.29 is 9.59 Å². The van der Waals surface area contributed by atoms with Crippen LogP contribution < -0.4 is 5.32 Å². The lowest BCUT2D eigenvalue weighted by atomic mass is 10.3. The first-order chi connectivity index (χ1) is 6.16. The van der Waals surface area contributed by atoms with Crippen LogP contribution in [0.4, 0.5) is 4.79 Å². The zero-order valence-electron chi connectivity index (χ0n) is 7.54. The average molecular weight is 180 g/mol. The number of carbonyl (C=O) groups excluding carboxylic acids is 2. The predicted octanol–water partition coefficient (Wildman–Crippen LogP) is 0.340. The van der Waals surface area contributed by atoms with Gasteiger partial charge in [0.1, 0.15) is 6.04 Å². The Kier molecular flexibility index (Phi) is 2.91. The molecule has 0 aromatic rings. The molecule has 70 valence electrons. The fraction of sp³-hybridized carbons (Fsp3) is 0.556. The number of imide groups is 1. The van der Waals surface area contributed by atoms with Crippen molar-refractivity contribution in [3.63, 3.8) is 0 Å². The fourth-order valence-electron chi connectivity index (χ4n) is 1.21. The van der Waals surface area contributed by atoms with Crippen LogP contribution >= 0.6 is 0 Å². The summed E-state index contributed by atoms with van der Waals surface area (Å²) in [4.78, 5) is 23.6. The lowest BCUT2D eigenvalue weighted by molar-refractivity contribution is -0.127. The van der Waals surface area contributed by atoms with Crippen molar-refractivity contribution in [3.05, 3.63) is 0 Å². The fourth-order valence-corrected chi connectivity index (χ4v) is 1.21. The van der Waals surface area contributed by atoms with Crippen LogP contribution in [0.1, 0.15) is 19.8 Å². The third-order valence-electron chi connectivity index (χ3n) is 1.92. The Morgan fingerprint density at radius 3 is 2.77 bits per heavy atom. The van der Waals surface area contributed by atoms with Gasteiger partial charge in [0.05, 0.1) is 0 Å². The molecule has 0 bridgehead atoms. The first kappa shape index (κ1) is 9.59. The van der Waals surface area contributed by atoms with E-state index in [2.05, 4.69) is 11.2 Å². The minimum Gasteiger partial charge on any atom is -0.326 e. The molecule has 0 aromatic heterocycles. The SMILES string of the molecule is C#CCCCN1C(=O)N[C@H](C)C1=O. The highest BCUT2D eigenvalue weighted by Crippen LogP contribution is 2.06. The summed E-state index contributed by atoms with van der Waals surface area (Å²) in [6.07, 6.45) is 6.31. The molecule has 0 saturated carbocycles. The maximum absolute atomic E-state index is 11.3. The van der Waals surface area contributed by atoms with Gasteiger partial charge in [0, 0.05) is 13.0 Å². The van der Waals surface area contributed by atoms with Gasteiger partial charge in [-0.05, 0) is 13.3 Å². The molecular weight excluding hydrogens is 168 g/mol. The standard InChI is InChI=1S/C9H12N2O2/c1-3-4-5-6-11-8(12)7(2)10-9(11)13/h1,7H,4-6H2,2H3,(H,10,13)/t7-/m1/s1. The number of nitrogens with zero attached hydrogens (tertiary/aromatic N) is 1. The Bertz CT molecular complexity index is 267. The van der Waals surface area contributed by atoms with Gasteiger partial charge in [0.15, 0.2) is 0 Å². The molecule has 1 atom stereocenters. The predicted molar refractivity (Wildman–Crippen MR) is 47.8 cm³/mol. The van der Waals surface area contributed by atoms with Crippen molar-refractivity contribution >= 4 is 11.9 Å². The van der Waals surface area contributed by atoms with Gasteiger partial charge in [-0.3, -0.25) is 9.69 Å². The van der Waals surface area contributed by atoms with E-state index in [9.17, 15) is 9.59 Å². The van der Waals surface area contributed by atoms with E-state index in [1.165, 1.54) is 4.90 Å². The minimum atomic E-state index is -0.390. The van der Waals surface area contributed by atoms with E-state index in [1.54, 1.807) is 6.92 Å². The van der Waals surface area contributed by atoms with Crippen LogP contribution in [0.2, 0.25) is 0 Å². The average Bonchev–Trinajstić information content (AvgIpc) is 2.32. The third-order valence-corrected chi connectivity index (χ3v) is 1.92. The second kappa shape index (κ2) is 3.94. The van der Waals surface area contributed by atoms with Gasteiger partial charge in [0.25, 0.3) is 5.91 Å². The van der Waals surface area contributed by atoms with Crippen LogP contribution in [0.5, 0.6) is 0 Å². The number of hydrogen-bond acceptors (Lipinski definition) is 2. The van der Waals surface area contributed by atoms with Gasteiger partial charge in [0.2, 0.25) is 0 Å². The summed E-state index contributed by atoms with van der Waals surface area (Å²) < 4.78 is 0. The van der Waals surface area contributed by atoms with Crippen molar-refractivity contribution in [1.29, 1.82) is 0 Å². The van der Waals surface area contributed by atoms with Crippen LogP contribution in [0, 0.1) is 12.3 Å². The first-order valence-electron chi connectivity index (χ1n) is 4.22. The zero-order valence-corrected chi connectivity index (χ0v) is 7.54. The molecule has 1 aliphatic rings. The van der Waals surface area contributed by atoms with E-state index in [0.717, 1.165) is 0 Å². The van der Waals surface area contributed by atoms with Crippen LogP contribution in [0.15, 0.2) is 0 Å². The topological polar surface area (TPSA) is 49.4 Å². The number of hydrogen-bond donors (Lipinski definition) is 1. The molecule has 4 heteroatoms. The van der Waals surface area contributed by atoms with Crippen molar-refractivity contribution in [3.8, 4) is 12.3 Å². The summed E-state index contributed by atoms with van der Waals surface area (Å²) >= 11 is 0. The summed E-state index contributed by atoms with van der Waals surface area (Å²) in [5.41, 5.74) is 0. The summed E-state index contributed by atoms with van der Waals surface area (Å²) in [5, 5.41) is 2.53. The smallest absolute Gasteiger partial charge is 0.324 e. The Morgan fingerprint density at radius 2 is 2.31 bits per heavy atom. The summed E-state index contributed by atoms with van der Waals surface area (Å²) in [6.45, 7) is 2.08. The molecule has 0 spiro atoms. The van der Waals surface area contributed by atoms with E-state index in [4.69, 9.17) is 6.42 Å². The number of nitrogens with one attached hydrogen (secondary N) is 1. The Hall–Kier alpha value is -1.50. The first-order valence-corrected chi connectivity index (χ1v) is 4.22. The second-order valence-electron chi connectivity index (χ2n) is 2.97. The number of carbonyl (C=O) groups is 2. The molecule has 4 nitrogen and oxygen atoms in total. The Balaban J connectivity index is 2.46. The van der Waals surface area contributed by atoms with Gasteiger partial charge in [-0.15, -0.1) is 12.3 Å². The summed E-state index contributed by atoms with van der Waals surface area (Å²) in [6, 6.07) is -0.701. The Morgan fingerprint density at radius 1 is 1.62 bits per heavy atom. The van der Waals surface area contributed by atoms with Crippen LogP contribution in [-0.4, -0.2) is 29.4 Å². The molecule has 1 heterocycles. The van der Waals surface area contributed by atoms with Gasteiger partial charge in [-0.25, -0.2) is 4.79 Å². The Labute approximate surface area is 77.3 Å². The number of rotatable bonds is 3. The maximum atomic E-state index is 11.3. The highest BCUT2D eigenvalue weighted by Gasteiger charge is 2.33. The van der Waals surface area contributed by atoms with E-state index in [1.807, 2.05) is 0 Å². The van der Waals surface area contributed by atoms with Crippen molar-refractivity contribution in [2.24, 2.45) is 0 Å². The van der Waals surface area contributed by atoms with Crippen molar-refractivity contribution in [2.45, 2.75) is 25.8 Å². The molecule has 1 fully saturated rings. The highest BCUT2D eigenvalue weighted by atomic mass is 16.2. The zero-order chi connectivity index (χ0) is 9.84. The van der Waals surface area contributed by atoms with E-state index >= 15 is 0 Å². The molecule has 1 aliphatic heterocycles. The van der Waals surface area contributed by atoms with E-state index in [-0.39, 0.29) is 11.9 Å². The van der Waals surface area contributed by atoms with Gasteiger partial charge in [-0.1, -0.05) is 0 Å². The van der Waals surface area contributed by atoms with Crippen molar-refractivity contribution in [2.75, 3.05) is 6.54 Å². The number of unbranched alkanes of at least 4 members (excludes halogenated alkanes) is 1. The van der Waals surface area contributed by atoms with E-state index in [0.29, 0.717) is 19.4 Å². The molecule has 0 aliphatic carbocycles. The largest absolute Gasteiger partial charge is 0.326 e. The van der Waals surface area contributed by atoms with Gasteiger partial charge in [-0.2, -0.15) is 0 Å². The number of urea groups is 1. The molecule has 0 unspecified atom stereocenters. The molecule has 0 radical (unpaired) electrons. The quantitative estimate of drug-likeness (QED) is 0.387. The lowest BCUT2D eigenvalue weighted by Crippen LogP contribution is -2.32. The molecular formula is C9H12N2O2. The summed E-state index contributed by atoms with van der Waals surface area (Å²) in [5.74, 6) is 2.30. The van der Waals surface area contributed by atoms with Gasteiger partial charge >= 0.3 is 6.03 Å². The highest BCUT2D eigenvalue weighted by molar-refractivity contribution is 6.03. The number of amides is 3. The van der Waals surface area contributed by atoms with Crippen LogP contribution in [0.25, 0.3) is 0 Å². The molecule has 1 saturated heterocycles. The van der Waals surface area contributed by atoms with E-state index < -0.39 is 6.04 Å². The molecule has 13 heavy (non-hydrogen) atoms. The summed E-state index contributed by atoms with van der Waals surface area (Å²) in [7, 11) is 0. The van der Waals surface area contributed by atoms with Crippen LogP contribution in [0.3, 0.4) is 0 Å². The molecule has 0 aromatic carbocycles. The minimum absolute atomic E-state index is 0.165. The van der Waals surface area contributed by atoms with Crippen molar-refractivity contribution in [1.82, 2.24) is 10.2 Å². The molecule has 1 N–H and O–H groups in total.